The van der Waals surface area contributed by atoms with Gasteiger partial charge >= 0.3 is 0 Å². The molecule has 0 fully saturated rings. The van der Waals surface area contributed by atoms with Gasteiger partial charge in [-0.3, -0.25) is 10.1 Å². The first kappa shape index (κ1) is 10.7. The first-order valence-electron chi connectivity index (χ1n) is 3.79. The van der Waals surface area contributed by atoms with Crippen molar-refractivity contribution in [3.8, 4) is 5.75 Å². The molecule has 74 valence electrons. The fourth-order valence-electron chi connectivity index (χ4n) is 0.955. The Bertz CT molecular complexity index is 376. The molecule has 1 aromatic carbocycles. The molecule has 0 aliphatic rings. The van der Waals surface area contributed by atoms with E-state index in [2.05, 4.69) is 15.9 Å². The van der Waals surface area contributed by atoms with Gasteiger partial charge in [0.2, 0.25) is 6.20 Å². The Morgan fingerprint density at radius 1 is 1.57 bits per heavy atom. The molecule has 0 bridgehead atoms. The first-order chi connectivity index (χ1) is 6.65. The Labute approximate surface area is 89.5 Å². The quantitative estimate of drug-likeness (QED) is 0.618. The van der Waals surface area contributed by atoms with Crippen LogP contribution in [0.3, 0.4) is 0 Å². The van der Waals surface area contributed by atoms with Crippen LogP contribution in [0.5, 0.6) is 5.75 Å². The second-order valence-electron chi connectivity index (χ2n) is 2.46. The summed E-state index contributed by atoms with van der Waals surface area (Å²) in [5.41, 5.74) is 0.709. The maximum atomic E-state index is 10.1. The van der Waals surface area contributed by atoms with Crippen LogP contribution in [0.2, 0.25) is 0 Å². The Morgan fingerprint density at radius 2 is 2.29 bits per heavy atom. The Balaban J connectivity index is 3.03. The minimum absolute atomic E-state index is 0.508. The van der Waals surface area contributed by atoms with Gasteiger partial charge in [-0.05, 0) is 27.6 Å². The van der Waals surface area contributed by atoms with E-state index in [1.165, 1.54) is 6.08 Å². The molecule has 0 aromatic heterocycles. The molecule has 4 nitrogen and oxygen atoms in total. The van der Waals surface area contributed by atoms with Gasteiger partial charge in [0.1, 0.15) is 5.75 Å². The molecule has 0 spiro atoms. The third-order valence-corrected chi connectivity index (χ3v) is 2.44. The molecule has 0 unspecified atom stereocenters. The number of methoxy groups -OCH3 is 1. The topological polar surface area (TPSA) is 52.4 Å². The zero-order valence-corrected chi connectivity index (χ0v) is 9.02. The summed E-state index contributed by atoms with van der Waals surface area (Å²) in [5, 5.41) is 10.1. The van der Waals surface area contributed by atoms with Gasteiger partial charge in [-0.25, -0.2) is 0 Å². The number of benzene rings is 1. The first-order valence-corrected chi connectivity index (χ1v) is 4.58. The van der Waals surface area contributed by atoms with E-state index in [1.807, 2.05) is 0 Å². The number of ether oxygens (including phenoxy) is 1. The number of nitro groups is 1. The summed E-state index contributed by atoms with van der Waals surface area (Å²) in [5.74, 6) is 0.649. The molecule has 14 heavy (non-hydrogen) atoms. The van der Waals surface area contributed by atoms with Crippen LogP contribution in [-0.4, -0.2) is 12.0 Å². The van der Waals surface area contributed by atoms with Crippen molar-refractivity contribution < 1.29 is 9.66 Å². The van der Waals surface area contributed by atoms with Gasteiger partial charge < -0.3 is 4.74 Å². The van der Waals surface area contributed by atoms with Gasteiger partial charge in [0, 0.05) is 6.08 Å². The molecule has 1 aromatic rings. The number of nitrogens with zero attached hydrogens (tertiary/aromatic N) is 1. The molecule has 0 aliphatic heterocycles. The molecule has 0 saturated heterocycles. The summed E-state index contributed by atoms with van der Waals surface area (Å²) in [6.45, 7) is 0. The van der Waals surface area contributed by atoms with Crippen LogP contribution in [0.1, 0.15) is 5.56 Å². The lowest BCUT2D eigenvalue weighted by atomic mass is 10.2. The smallest absolute Gasteiger partial charge is 0.235 e. The molecule has 0 heterocycles. The van der Waals surface area contributed by atoms with Crippen molar-refractivity contribution >= 4 is 22.0 Å². The van der Waals surface area contributed by atoms with E-state index in [-0.39, 0.29) is 0 Å². The average molecular weight is 258 g/mol. The summed E-state index contributed by atoms with van der Waals surface area (Å²) in [6.07, 6.45) is 2.30. The zero-order chi connectivity index (χ0) is 10.6. The van der Waals surface area contributed by atoms with Crippen molar-refractivity contribution in [2.75, 3.05) is 7.11 Å². The molecule has 0 atom stereocenters. The van der Waals surface area contributed by atoms with Gasteiger partial charge in [0.25, 0.3) is 0 Å². The fraction of sp³-hybridized carbons (Fsp3) is 0.111. The van der Waals surface area contributed by atoms with Crippen LogP contribution in [0, 0.1) is 10.1 Å². The molecule has 0 radical (unpaired) electrons. The predicted molar refractivity (Wildman–Crippen MR) is 56.7 cm³/mol. The van der Waals surface area contributed by atoms with Crippen molar-refractivity contribution in [2.24, 2.45) is 0 Å². The molecule has 0 saturated carbocycles. The van der Waals surface area contributed by atoms with Gasteiger partial charge in [-0.15, -0.1) is 0 Å². The molecule has 1 rings (SSSR count). The van der Waals surface area contributed by atoms with Gasteiger partial charge in [0.15, 0.2) is 0 Å². The highest BCUT2D eigenvalue weighted by atomic mass is 79.9. The highest BCUT2D eigenvalue weighted by molar-refractivity contribution is 9.10. The van der Waals surface area contributed by atoms with Crippen LogP contribution < -0.4 is 4.74 Å². The zero-order valence-electron chi connectivity index (χ0n) is 7.44. The summed E-state index contributed by atoms with van der Waals surface area (Å²) in [4.78, 5) is 9.60. The normalized spacial score (nSPS) is 10.4. The summed E-state index contributed by atoms with van der Waals surface area (Å²) in [6, 6.07) is 5.30. The van der Waals surface area contributed by atoms with Crippen molar-refractivity contribution in [1.29, 1.82) is 0 Å². The Morgan fingerprint density at radius 3 is 2.86 bits per heavy atom. The number of hydrogen-bond donors (Lipinski definition) is 0. The third kappa shape index (κ3) is 2.56. The van der Waals surface area contributed by atoms with Crippen LogP contribution in [0.4, 0.5) is 0 Å². The van der Waals surface area contributed by atoms with Crippen molar-refractivity contribution in [2.45, 2.75) is 0 Å². The van der Waals surface area contributed by atoms with Crippen molar-refractivity contribution in [1.82, 2.24) is 0 Å². The van der Waals surface area contributed by atoms with Crippen LogP contribution in [-0.2, 0) is 0 Å². The minimum Gasteiger partial charge on any atom is -0.496 e. The second-order valence-corrected chi connectivity index (χ2v) is 3.26. The number of halogens is 1. The van der Waals surface area contributed by atoms with E-state index in [4.69, 9.17) is 4.74 Å². The molecule has 0 amide bonds. The fourth-order valence-corrected chi connectivity index (χ4v) is 1.51. The highest BCUT2D eigenvalue weighted by Crippen LogP contribution is 2.28. The lowest BCUT2D eigenvalue weighted by Crippen LogP contribution is -1.87. The van der Waals surface area contributed by atoms with Crippen LogP contribution in [0.25, 0.3) is 6.08 Å². The van der Waals surface area contributed by atoms with E-state index < -0.39 is 4.92 Å². The van der Waals surface area contributed by atoms with E-state index in [0.717, 1.165) is 6.20 Å². The standard InChI is InChI=1S/C9H8BrNO3/c1-14-8-4-2-3-7(9(8)10)5-6-11(12)13/h2-6H,1H3/b6-5+. The lowest BCUT2D eigenvalue weighted by molar-refractivity contribution is -0.400. The second kappa shape index (κ2) is 4.76. The lowest BCUT2D eigenvalue weighted by Gasteiger charge is -2.04. The van der Waals surface area contributed by atoms with Crippen LogP contribution >= 0.6 is 15.9 Å². The van der Waals surface area contributed by atoms with E-state index in [0.29, 0.717) is 15.8 Å². The van der Waals surface area contributed by atoms with Gasteiger partial charge in [-0.1, -0.05) is 12.1 Å². The van der Waals surface area contributed by atoms with E-state index in [1.54, 1.807) is 25.3 Å². The molecule has 0 N–H and O–H groups in total. The van der Waals surface area contributed by atoms with E-state index in [9.17, 15) is 10.1 Å². The van der Waals surface area contributed by atoms with Crippen molar-refractivity contribution in [3.05, 3.63) is 44.5 Å². The largest absolute Gasteiger partial charge is 0.496 e. The molecular formula is C9H8BrNO3. The number of rotatable bonds is 3. The van der Waals surface area contributed by atoms with E-state index >= 15 is 0 Å². The van der Waals surface area contributed by atoms with Crippen molar-refractivity contribution in [3.63, 3.8) is 0 Å². The summed E-state index contributed by atoms with van der Waals surface area (Å²) in [7, 11) is 1.54. The third-order valence-electron chi connectivity index (χ3n) is 1.59. The highest BCUT2D eigenvalue weighted by Gasteiger charge is 2.03. The predicted octanol–water partition coefficient (Wildman–Crippen LogP) is 2.71. The SMILES string of the molecule is COc1cccc(/C=C/[N+](=O)[O-])c1Br. The summed E-state index contributed by atoms with van der Waals surface area (Å²) >= 11 is 3.29. The Hall–Kier alpha value is -1.36. The summed E-state index contributed by atoms with van der Waals surface area (Å²) < 4.78 is 5.75. The molecular weight excluding hydrogens is 250 g/mol. The monoisotopic (exact) mass is 257 g/mol. The maximum absolute atomic E-state index is 10.1. The number of hydrogen-bond acceptors (Lipinski definition) is 3. The van der Waals surface area contributed by atoms with Crippen LogP contribution in [0.15, 0.2) is 28.9 Å². The minimum atomic E-state index is -0.508. The van der Waals surface area contributed by atoms with Gasteiger partial charge in [0.05, 0.1) is 16.5 Å². The van der Waals surface area contributed by atoms with Gasteiger partial charge in [-0.2, -0.15) is 0 Å². The average Bonchev–Trinajstić information content (AvgIpc) is 2.16. The maximum Gasteiger partial charge on any atom is 0.235 e. The Kier molecular flexibility index (Phi) is 3.64. The molecule has 0 aliphatic carbocycles. The molecule has 5 heteroatoms.